The number of hydrogen-bond acceptors (Lipinski definition) is 4. The van der Waals surface area contributed by atoms with E-state index in [-0.39, 0.29) is 18.1 Å². The smallest absolute Gasteiger partial charge is 0.357 e. The Morgan fingerprint density at radius 2 is 2.24 bits per heavy atom. The minimum atomic E-state index is -2.81. The van der Waals surface area contributed by atoms with Gasteiger partial charge in [0.1, 0.15) is 3.70 Å². The van der Waals surface area contributed by atoms with E-state index in [1.54, 1.807) is 29.5 Å². The second kappa shape index (κ2) is 6.08. The molecule has 0 spiro atoms. The molecule has 0 aliphatic heterocycles. The summed E-state index contributed by atoms with van der Waals surface area (Å²) in [7, 11) is 1.35. The normalized spacial score (nSPS) is 10.5. The molecule has 1 aromatic rings. The highest BCUT2D eigenvalue weighted by Crippen LogP contribution is 2.29. The maximum atomic E-state index is 12.8. The lowest BCUT2D eigenvalue weighted by Crippen LogP contribution is -2.12. The minimum Gasteiger partial charge on any atom is -0.494 e. The average molecular weight is 357 g/mol. The van der Waals surface area contributed by atoms with Crippen LogP contribution < -0.4 is 4.74 Å². The highest BCUT2D eigenvalue weighted by Gasteiger charge is 2.23. The van der Waals surface area contributed by atoms with Crippen molar-refractivity contribution >= 4 is 28.6 Å². The summed E-state index contributed by atoms with van der Waals surface area (Å²) in [6.07, 6.45) is -2.81. The van der Waals surface area contributed by atoms with Crippen molar-refractivity contribution < 1.29 is 23.0 Å². The van der Waals surface area contributed by atoms with Gasteiger partial charge >= 0.3 is 5.97 Å². The third kappa shape index (κ3) is 3.24. The van der Waals surface area contributed by atoms with Gasteiger partial charge in [-0.25, -0.2) is 18.6 Å². The summed E-state index contributed by atoms with van der Waals surface area (Å²) in [6, 6.07) is 1.10. The highest BCUT2D eigenvalue weighted by atomic mass is 127. The molecule has 0 unspecified atom stereocenters. The number of ether oxygens (including phenoxy) is 2. The zero-order valence-electron chi connectivity index (χ0n) is 9.17. The summed E-state index contributed by atoms with van der Waals surface area (Å²) in [4.78, 5) is 15.3. The Kier molecular flexibility index (Phi) is 5.03. The second-order valence-electron chi connectivity index (χ2n) is 2.94. The Bertz CT molecular complexity index is 426. The maximum Gasteiger partial charge on any atom is 0.357 e. The van der Waals surface area contributed by atoms with Crippen LogP contribution >= 0.6 is 22.6 Å². The van der Waals surface area contributed by atoms with Crippen LogP contribution in [0.5, 0.6) is 5.75 Å². The number of carbonyl (C=O) groups is 1. The summed E-state index contributed by atoms with van der Waals surface area (Å²) in [5, 5.41) is 0. The Morgan fingerprint density at radius 1 is 1.59 bits per heavy atom. The fourth-order valence-corrected chi connectivity index (χ4v) is 1.78. The number of rotatable bonds is 4. The molecule has 1 heterocycles. The van der Waals surface area contributed by atoms with Crippen LogP contribution in [0.3, 0.4) is 0 Å². The molecular weight excluding hydrogens is 347 g/mol. The Hall–Kier alpha value is -0.990. The number of aromatic nitrogens is 1. The van der Waals surface area contributed by atoms with Gasteiger partial charge in [-0.1, -0.05) is 0 Å². The van der Waals surface area contributed by atoms with Crippen molar-refractivity contribution in [3.8, 4) is 5.75 Å². The number of hydrogen-bond donors (Lipinski definition) is 0. The van der Waals surface area contributed by atoms with E-state index in [9.17, 15) is 13.6 Å². The standard InChI is InChI=1S/C10H10F2INO3/c1-3-17-10(15)7-5(8(11)12)4-6(16-2)9(13)14-7/h4,8H,3H2,1-2H3. The van der Waals surface area contributed by atoms with Crippen molar-refractivity contribution in [1.82, 2.24) is 4.98 Å². The Morgan fingerprint density at radius 3 is 2.71 bits per heavy atom. The molecule has 0 N–H and O–H groups in total. The molecule has 0 bridgehead atoms. The minimum absolute atomic E-state index is 0.103. The van der Waals surface area contributed by atoms with E-state index in [1.165, 1.54) is 7.11 Å². The van der Waals surface area contributed by atoms with Crippen LogP contribution in [0.15, 0.2) is 6.07 Å². The lowest BCUT2D eigenvalue weighted by molar-refractivity contribution is 0.0507. The number of carbonyl (C=O) groups excluding carboxylic acids is 1. The van der Waals surface area contributed by atoms with E-state index >= 15 is 0 Å². The van der Waals surface area contributed by atoms with Crippen LogP contribution in [-0.2, 0) is 4.74 Å². The molecule has 0 radical (unpaired) electrons. The number of methoxy groups -OCH3 is 1. The van der Waals surface area contributed by atoms with Crippen LogP contribution in [-0.4, -0.2) is 24.7 Å². The quantitative estimate of drug-likeness (QED) is 0.473. The number of esters is 1. The van der Waals surface area contributed by atoms with Crippen LogP contribution in [0.2, 0.25) is 0 Å². The van der Waals surface area contributed by atoms with E-state index < -0.39 is 18.0 Å². The molecule has 94 valence electrons. The first-order chi connectivity index (χ1) is 8.01. The molecule has 0 aromatic carbocycles. The van der Waals surface area contributed by atoms with E-state index in [1.807, 2.05) is 0 Å². The summed E-state index contributed by atoms with van der Waals surface area (Å²) in [5.41, 5.74) is -0.854. The SMILES string of the molecule is CCOC(=O)c1nc(I)c(OC)cc1C(F)F. The summed E-state index contributed by atoms with van der Waals surface area (Å²) >= 11 is 1.80. The van der Waals surface area contributed by atoms with Gasteiger partial charge in [-0.2, -0.15) is 0 Å². The van der Waals surface area contributed by atoms with Crippen LogP contribution in [0.1, 0.15) is 29.4 Å². The van der Waals surface area contributed by atoms with Crippen molar-refractivity contribution in [3.63, 3.8) is 0 Å². The maximum absolute atomic E-state index is 12.8. The predicted molar refractivity (Wildman–Crippen MR) is 64.4 cm³/mol. The van der Waals surface area contributed by atoms with Gasteiger partial charge in [-0.15, -0.1) is 0 Å². The number of nitrogens with zero attached hydrogens (tertiary/aromatic N) is 1. The summed E-state index contributed by atoms with van der Waals surface area (Å²) in [5.74, 6) is -0.655. The van der Waals surface area contributed by atoms with Gasteiger partial charge in [-0.3, -0.25) is 0 Å². The second-order valence-corrected chi connectivity index (χ2v) is 3.96. The number of halogens is 3. The molecule has 0 saturated heterocycles. The van der Waals surface area contributed by atoms with Gasteiger partial charge in [0.15, 0.2) is 11.4 Å². The van der Waals surface area contributed by atoms with Crippen LogP contribution in [0.25, 0.3) is 0 Å². The highest BCUT2D eigenvalue weighted by molar-refractivity contribution is 14.1. The van der Waals surface area contributed by atoms with Gasteiger partial charge < -0.3 is 9.47 Å². The predicted octanol–water partition coefficient (Wildman–Crippen LogP) is 2.81. The fourth-order valence-electron chi connectivity index (χ4n) is 1.16. The molecule has 1 rings (SSSR count). The molecule has 0 fully saturated rings. The van der Waals surface area contributed by atoms with E-state index in [0.29, 0.717) is 3.70 Å². The Labute approximate surface area is 110 Å². The zero-order chi connectivity index (χ0) is 13.0. The number of pyridine rings is 1. The van der Waals surface area contributed by atoms with Gasteiger partial charge in [0, 0.05) is 0 Å². The van der Waals surface area contributed by atoms with Gasteiger partial charge in [0.05, 0.1) is 19.3 Å². The molecule has 0 amide bonds. The monoisotopic (exact) mass is 357 g/mol. The number of alkyl halides is 2. The average Bonchev–Trinajstić information content (AvgIpc) is 2.28. The molecule has 4 nitrogen and oxygen atoms in total. The molecule has 7 heteroatoms. The molecule has 0 aliphatic rings. The molecule has 17 heavy (non-hydrogen) atoms. The lowest BCUT2D eigenvalue weighted by atomic mass is 10.2. The first-order valence-electron chi connectivity index (χ1n) is 4.71. The third-order valence-corrected chi connectivity index (χ3v) is 2.67. The van der Waals surface area contributed by atoms with E-state index in [4.69, 9.17) is 4.74 Å². The van der Waals surface area contributed by atoms with Crippen molar-refractivity contribution in [2.45, 2.75) is 13.3 Å². The Balaban J connectivity index is 3.27. The molecular formula is C10H10F2INO3. The molecule has 0 aliphatic carbocycles. The van der Waals surface area contributed by atoms with E-state index in [2.05, 4.69) is 9.72 Å². The van der Waals surface area contributed by atoms with Crippen molar-refractivity contribution in [2.75, 3.05) is 13.7 Å². The molecule has 1 aromatic heterocycles. The first kappa shape index (κ1) is 14.1. The largest absolute Gasteiger partial charge is 0.494 e. The van der Waals surface area contributed by atoms with Crippen molar-refractivity contribution in [1.29, 1.82) is 0 Å². The lowest BCUT2D eigenvalue weighted by Gasteiger charge is -2.10. The topological polar surface area (TPSA) is 48.4 Å². The zero-order valence-corrected chi connectivity index (χ0v) is 11.3. The molecule has 0 saturated carbocycles. The fraction of sp³-hybridized carbons (Fsp3) is 0.400. The van der Waals surface area contributed by atoms with E-state index in [0.717, 1.165) is 6.07 Å². The summed E-state index contributed by atoms with van der Waals surface area (Å²) < 4.78 is 35.4. The molecule has 0 atom stereocenters. The van der Waals surface area contributed by atoms with Crippen LogP contribution in [0, 0.1) is 3.70 Å². The van der Waals surface area contributed by atoms with Gasteiger partial charge in [0.25, 0.3) is 6.43 Å². The van der Waals surface area contributed by atoms with Crippen molar-refractivity contribution in [2.24, 2.45) is 0 Å². The summed E-state index contributed by atoms with van der Waals surface area (Å²) in [6.45, 7) is 1.69. The van der Waals surface area contributed by atoms with Gasteiger partial charge in [-0.05, 0) is 35.6 Å². The van der Waals surface area contributed by atoms with Gasteiger partial charge in [0.2, 0.25) is 0 Å². The first-order valence-corrected chi connectivity index (χ1v) is 5.78. The van der Waals surface area contributed by atoms with Crippen molar-refractivity contribution in [3.05, 3.63) is 21.0 Å². The third-order valence-electron chi connectivity index (χ3n) is 1.90. The van der Waals surface area contributed by atoms with Crippen LogP contribution in [0.4, 0.5) is 8.78 Å².